The quantitative estimate of drug-likeness (QED) is 0.795. The van der Waals surface area contributed by atoms with E-state index in [0.717, 1.165) is 22.9 Å². The number of halogens is 1. The fourth-order valence-corrected chi connectivity index (χ4v) is 1.51. The molecule has 1 saturated carbocycles. The van der Waals surface area contributed by atoms with Gasteiger partial charge in [0.2, 0.25) is 5.88 Å². The average Bonchev–Trinajstić information content (AvgIpc) is 2.80. The number of hydrogen-bond donors (Lipinski definition) is 0. The van der Waals surface area contributed by atoms with Crippen LogP contribution in [0.25, 0.3) is 0 Å². The van der Waals surface area contributed by atoms with Gasteiger partial charge in [-0.2, -0.15) is 5.10 Å². The molecule has 0 spiro atoms. The van der Waals surface area contributed by atoms with Crippen molar-refractivity contribution in [3.05, 3.63) is 10.7 Å². The highest BCUT2D eigenvalue weighted by Gasteiger charge is 2.22. The minimum Gasteiger partial charge on any atom is -0.477 e. The number of rotatable bonds is 3. The number of hydrogen-bond acceptors (Lipinski definition) is 2. The normalized spacial score (nSPS) is 16.5. The van der Waals surface area contributed by atoms with Gasteiger partial charge in [-0.3, -0.25) is 0 Å². The summed E-state index contributed by atoms with van der Waals surface area (Å²) in [5.41, 5.74) is 0. The molecule has 0 N–H and O–H groups in total. The molecule has 1 heterocycles. The third-order valence-electron chi connectivity index (χ3n) is 2.00. The van der Waals surface area contributed by atoms with Gasteiger partial charge < -0.3 is 4.74 Å². The Balaban J connectivity index is 1.99. The Kier molecular flexibility index (Phi) is 2.09. The maximum Gasteiger partial charge on any atom is 0.226 e. The third kappa shape index (κ3) is 1.63. The van der Waals surface area contributed by atoms with Gasteiger partial charge in [0.15, 0.2) is 0 Å². The molecule has 3 nitrogen and oxygen atoms in total. The standard InChI is InChI=1S/C8H11BrN2O/c1-11-8(7(9)4-10-11)12-5-6-2-3-6/h4,6H,2-3,5H2,1H3. The SMILES string of the molecule is Cn1ncc(Br)c1OCC1CC1. The Morgan fingerprint density at radius 2 is 2.50 bits per heavy atom. The van der Waals surface area contributed by atoms with E-state index in [1.54, 1.807) is 10.9 Å². The Labute approximate surface area is 79.8 Å². The Bertz CT molecular complexity index is 261. The van der Waals surface area contributed by atoms with E-state index in [-0.39, 0.29) is 0 Å². The van der Waals surface area contributed by atoms with Gasteiger partial charge in [-0.25, -0.2) is 4.68 Å². The van der Waals surface area contributed by atoms with Crippen molar-refractivity contribution in [2.75, 3.05) is 6.61 Å². The number of nitrogens with zero attached hydrogens (tertiary/aromatic N) is 2. The predicted molar refractivity (Wildman–Crippen MR) is 49.1 cm³/mol. The van der Waals surface area contributed by atoms with E-state index in [9.17, 15) is 0 Å². The molecule has 4 heteroatoms. The summed E-state index contributed by atoms with van der Waals surface area (Å²) in [6.45, 7) is 0.831. The van der Waals surface area contributed by atoms with Gasteiger partial charge in [0.1, 0.15) is 0 Å². The summed E-state index contributed by atoms with van der Waals surface area (Å²) in [6.07, 6.45) is 4.38. The highest BCUT2D eigenvalue weighted by molar-refractivity contribution is 9.10. The second kappa shape index (κ2) is 3.09. The van der Waals surface area contributed by atoms with Crippen LogP contribution in [0.4, 0.5) is 0 Å². The van der Waals surface area contributed by atoms with Crippen molar-refractivity contribution in [2.45, 2.75) is 12.8 Å². The molecule has 0 aromatic carbocycles. The lowest BCUT2D eigenvalue weighted by Gasteiger charge is -2.04. The van der Waals surface area contributed by atoms with E-state index in [4.69, 9.17) is 4.74 Å². The van der Waals surface area contributed by atoms with Crippen molar-refractivity contribution in [1.29, 1.82) is 0 Å². The minimum absolute atomic E-state index is 0.784. The minimum atomic E-state index is 0.784. The fourth-order valence-electron chi connectivity index (χ4n) is 1.04. The monoisotopic (exact) mass is 230 g/mol. The maximum absolute atomic E-state index is 5.59. The first-order valence-electron chi connectivity index (χ1n) is 4.07. The van der Waals surface area contributed by atoms with E-state index < -0.39 is 0 Å². The third-order valence-corrected chi connectivity index (χ3v) is 2.54. The molecule has 0 bridgehead atoms. The van der Waals surface area contributed by atoms with E-state index in [2.05, 4.69) is 21.0 Å². The van der Waals surface area contributed by atoms with Gasteiger partial charge in [0.05, 0.1) is 17.3 Å². The summed E-state index contributed by atoms with van der Waals surface area (Å²) >= 11 is 3.38. The molecule has 0 saturated heterocycles. The van der Waals surface area contributed by atoms with Crippen molar-refractivity contribution < 1.29 is 4.74 Å². The smallest absolute Gasteiger partial charge is 0.226 e. The Morgan fingerprint density at radius 3 is 3.00 bits per heavy atom. The van der Waals surface area contributed by atoms with Crippen LogP contribution in [0.1, 0.15) is 12.8 Å². The Morgan fingerprint density at radius 1 is 1.75 bits per heavy atom. The molecule has 2 rings (SSSR count). The van der Waals surface area contributed by atoms with Crippen LogP contribution >= 0.6 is 15.9 Å². The first-order valence-corrected chi connectivity index (χ1v) is 4.87. The molecule has 0 aliphatic heterocycles. The van der Waals surface area contributed by atoms with Crippen LogP contribution in [0.15, 0.2) is 10.7 Å². The summed E-state index contributed by atoms with van der Waals surface area (Å²) in [6, 6.07) is 0. The summed E-state index contributed by atoms with van der Waals surface area (Å²) in [5, 5.41) is 4.06. The maximum atomic E-state index is 5.59. The van der Waals surface area contributed by atoms with Crippen molar-refractivity contribution in [3.8, 4) is 5.88 Å². The van der Waals surface area contributed by atoms with Gasteiger partial charge in [0, 0.05) is 7.05 Å². The first-order chi connectivity index (χ1) is 5.77. The molecule has 66 valence electrons. The van der Waals surface area contributed by atoms with Crippen LogP contribution < -0.4 is 4.74 Å². The van der Waals surface area contributed by atoms with Gasteiger partial charge in [-0.1, -0.05) is 0 Å². The highest BCUT2D eigenvalue weighted by Crippen LogP contribution is 2.31. The van der Waals surface area contributed by atoms with Crippen LogP contribution in [0.3, 0.4) is 0 Å². The number of ether oxygens (including phenoxy) is 1. The number of aryl methyl sites for hydroxylation is 1. The topological polar surface area (TPSA) is 27.1 Å². The lowest BCUT2D eigenvalue weighted by atomic mass is 10.5. The van der Waals surface area contributed by atoms with Crippen LogP contribution in [0.2, 0.25) is 0 Å². The van der Waals surface area contributed by atoms with Gasteiger partial charge in [0.25, 0.3) is 0 Å². The Hall–Kier alpha value is -0.510. The van der Waals surface area contributed by atoms with Crippen LogP contribution in [0, 0.1) is 5.92 Å². The second-order valence-electron chi connectivity index (χ2n) is 3.18. The lowest BCUT2D eigenvalue weighted by molar-refractivity contribution is 0.273. The van der Waals surface area contributed by atoms with E-state index in [1.807, 2.05) is 7.05 Å². The molecular formula is C8H11BrN2O. The molecule has 1 aromatic rings. The molecule has 0 radical (unpaired) electrons. The zero-order valence-electron chi connectivity index (χ0n) is 6.96. The largest absolute Gasteiger partial charge is 0.477 e. The molecule has 1 fully saturated rings. The van der Waals surface area contributed by atoms with E-state index >= 15 is 0 Å². The zero-order chi connectivity index (χ0) is 8.55. The summed E-state index contributed by atoms with van der Waals surface area (Å²) < 4.78 is 8.26. The molecule has 0 amide bonds. The predicted octanol–water partition coefficient (Wildman–Crippen LogP) is 1.97. The molecule has 12 heavy (non-hydrogen) atoms. The van der Waals surface area contributed by atoms with Crippen molar-refractivity contribution in [3.63, 3.8) is 0 Å². The van der Waals surface area contributed by atoms with Gasteiger partial charge >= 0.3 is 0 Å². The highest BCUT2D eigenvalue weighted by atomic mass is 79.9. The summed E-state index contributed by atoms with van der Waals surface area (Å²) in [7, 11) is 1.88. The van der Waals surface area contributed by atoms with Crippen molar-refractivity contribution >= 4 is 15.9 Å². The molecule has 0 unspecified atom stereocenters. The van der Waals surface area contributed by atoms with Crippen LogP contribution in [-0.4, -0.2) is 16.4 Å². The summed E-state index contributed by atoms with van der Waals surface area (Å²) in [4.78, 5) is 0. The van der Waals surface area contributed by atoms with Crippen molar-refractivity contribution in [1.82, 2.24) is 9.78 Å². The average molecular weight is 231 g/mol. The molecule has 1 aliphatic rings. The zero-order valence-corrected chi connectivity index (χ0v) is 8.54. The number of aromatic nitrogens is 2. The van der Waals surface area contributed by atoms with E-state index in [1.165, 1.54) is 12.8 Å². The van der Waals surface area contributed by atoms with Crippen molar-refractivity contribution in [2.24, 2.45) is 13.0 Å². The first kappa shape index (κ1) is 8.10. The van der Waals surface area contributed by atoms with Crippen LogP contribution in [-0.2, 0) is 7.05 Å². The van der Waals surface area contributed by atoms with Gasteiger partial charge in [-0.15, -0.1) is 0 Å². The molecule has 0 atom stereocenters. The molecule has 1 aliphatic carbocycles. The summed E-state index contributed by atoms with van der Waals surface area (Å²) in [5.74, 6) is 1.62. The fraction of sp³-hybridized carbons (Fsp3) is 0.625. The van der Waals surface area contributed by atoms with Crippen LogP contribution in [0.5, 0.6) is 5.88 Å². The second-order valence-corrected chi connectivity index (χ2v) is 4.03. The van der Waals surface area contributed by atoms with Gasteiger partial charge in [-0.05, 0) is 34.7 Å². The lowest BCUT2D eigenvalue weighted by Crippen LogP contribution is -2.03. The molecule has 1 aromatic heterocycles. The molecular weight excluding hydrogens is 220 g/mol. The van der Waals surface area contributed by atoms with E-state index in [0.29, 0.717) is 0 Å².